The van der Waals surface area contributed by atoms with E-state index in [1.807, 2.05) is 6.20 Å². The number of nitrogens with two attached hydrogens (primary N) is 1. The van der Waals surface area contributed by atoms with Crippen LogP contribution in [0.25, 0.3) is 0 Å². The molecule has 1 aliphatic rings. The van der Waals surface area contributed by atoms with Crippen LogP contribution in [0.3, 0.4) is 0 Å². The van der Waals surface area contributed by atoms with Gasteiger partial charge < -0.3 is 10.8 Å². The van der Waals surface area contributed by atoms with Crippen LogP contribution in [0, 0.1) is 0 Å². The van der Waals surface area contributed by atoms with Crippen molar-refractivity contribution in [2.75, 3.05) is 18.9 Å². The van der Waals surface area contributed by atoms with Crippen LogP contribution in [0.1, 0.15) is 31.1 Å². The second-order valence-electron chi connectivity index (χ2n) is 4.43. The predicted molar refractivity (Wildman–Crippen MR) is 73.5 cm³/mol. The normalized spacial score (nSPS) is 24.8. The number of nitrogen functional groups attached to an aromatic ring is 1. The van der Waals surface area contributed by atoms with Gasteiger partial charge in [0.2, 0.25) is 0 Å². The maximum Gasteiger partial charge on any atom is 0.180 e. The van der Waals surface area contributed by atoms with Gasteiger partial charge in [0.25, 0.3) is 0 Å². The maximum absolute atomic E-state index is 9.59. The molecule has 1 aliphatic heterocycles. The molecule has 0 amide bonds. The van der Waals surface area contributed by atoms with Gasteiger partial charge in [0.1, 0.15) is 0 Å². The first-order chi connectivity index (χ1) is 7.70. The van der Waals surface area contributed by atoms with Crippen molar-refractivity contribution in [3.8, 4) is 0 Å². The highest BCUT2D eigenvalue weighted by Crippen LogP contribution is 2.34. The van der Waals surface area contributed by atoms with Crippen LogP contribution >= 0.6 is 23.7 Å². The molecule has 4 nitrogen and oxygen atoms in total. The Bertz CT molecular complexity index is 354. The SMILES string of the molecule is CCC1(CO)CCCN1Cc1cnc(N)s1.Cl. The van der Waals surface area contributed by atoms with Gasteiger partial charge >= 0.3 is 0 Å². The Morgan fingerprint density at radius 1 is 1.65 bits per heavy atom. The molecule has 1 atom stereocenters. The summed E-state index contributed by atoms with van der Waals surface area (Å²) in [6.45, 7) is 4.32. The largest absolute Gasteiger partial charge is 0.394 e. The van der Waals surface area contributed by atoms with E-state index in [2.05, 4.69) is 16.8 Å². The molecule has 2 rings (SSSR count). The minimum atomic E-state index is -0.0151. The van der Waals surface area contributed by atoms with Crippen molar-refractivity contribution in [2.24, 2.45) is 0 Å². The Kier molecular flexibility index (Phi) is 5.19. The number of hydrogen-bond donors (Lipinski definition) is 2. The quantitative estimate of drug-likeness (QED) is 0.882. The van der Waals surface area contributed by atoms with Gasteiger partial charge in [-0.15, -0.1) is 23.7 Å². The lowest BCUT2D eigenvalue weighted by Gasteiger charge is -2.36. The molecule has 0 bridgehead atoms. The van der Waals surface area contributed by atoms with Crippen molar-refractivity contribution in [1.82, 2.24) is 9.88 Å². The van der Waals surface area contributed by atoms with Crippen LogP contribution in [-0.2, 0) is 6.54 Å². The van der Waals surface area contributed by atoms with Gasteiger partial charge in [-0.05, 0) is 25.8 Å². The van der Waals surface area contributed by atoms with Gasteiger partial charge in [-0.2, -0.15) is 0 Å². The number of hydrogen-bond acceptors (Lipinski definition) is 5. The summed E-state index contributed by atoms with van der Waals surface area (Å²) in [4.78, 5) is 7.63. The molecule has 1 saturated heterocycles. The molecule has 2 heterocycles. The molecule has 1 aromatic heterocycles. The first kappa shape index (κ1) is 14.7. The van der Waals surface area contributed by atoms with Crippen LogP contribution in [-0.4, -0.2) is 33.7 Å². The lowest BCUT2D eigenvalue weighted by Crippen LogP contribution is -2.45. The zero-order valence-corrected chi connectivity index (χ0v) is 11.7. The molecule has 3 N–H and O–H groups in total. The minimum Gasteiger partial charge on any atom is -0.394 e. The Labute approximate surface area is 112 Å². The van der Waals surface area contributed by atoms with Crippen LogP contribution in [0.2, 0.25) is 0 Å². The van der Waals surface area contributed by atoms with Crippen LogP contribution < -0.4 is 5.73 Å². The van der Waals surface area contributed by atoms with Gasteiger partial charge in [-0.25, -0.2) is 4.98 Å². The molecule has 6 heteroatoms. The Hall–Kier alpha value is -0.360. The van der Waals surface area contributed by atoms with E-state index in [1.54, 1.807) is 0 Å². The summed E-state index contributed by atoms with van der Waals surface area (Å²) in [6, 6.07) is 0. The molecule has 98 valence electrons. The summed E-state index contributed by atoms with van der Waals surface area (Å²) in [5.74, 6) is 0. The van der Waals surface area contributed by atoms with Crippen LogP contribution in [0.4, 0.5) is 5.13 Å². The molecule has 0 aliphatic carbocycles. The summed E-state index contributed by atoms with van der Waals surface area (Å²) in [5, 5.41) is 10.2. The smallest absolute Gasteiger partial charge is 0.180 e. The van der Waals surface area contributed by atoms with Crippen LogP contribution in [0.5, 0.6) is 0 Å². The molecule has 0 radical (unpaired) electrons. The standard InChI is InChI=1S/C11H19N3OS.ClH/c1-2-11(8-15)4-3-5-14(11)7-9-6-13-10(12)16-9;/h6,15H,2-5,7-8H2,1H3,(H2,12,13);1H. The van der Waals surface area contributed by atoms with Gasteiger partial charge in [0.05, 0.1) is 6.61 Å². The Morgan fingerprint density at radius 3 is 2.94 bits per heavy atom. The summed E-state index contributed by atoms with van der Waals surface area (Å²) < 4.78 is 0. The third kappa shape index (κ3) is 2.91. The predicted octanol–water partition coefficient (Wildman–Crippen LogP) is 1.88. The molecular formula is C11H20ClN3OS. The maximum atomic E-state index is 9.59. The number of aliphatic hydroxyl groups excluding tert-OH is 1. The van der Waals surface area contributed by atoms with E-state index in [4.69, 9.17) is 5.73 Å². The van der Waals surface area contributed by atoms with E-state index in [0.717, 1.165) is 25.9 Å². The fraction of sp³-hybridized carbons (Fsp3) is 0.727. The van der Waals surface area contributed by atoms with Crippen LogP contribution in [0.15, 0.2) is 6.20 Å². The first-order valence-corrected chi connectivity index (χ1v) is 6.58. The average molecular weight is 278 g/mol. The summed E-state index contributed by atoms with van der Waals surface area (Å²) in [6.07, 6.45) is 5.10. The zero-order valence-electron chi connectivity index (χ0n) is 10.1. The molecule has 0 spiro atoms. The summed E-state index contributed by atoms with van der Waals surface area (Å²) >= 11 is 1.54. The fourth-order valence-electron chi connectivity index (χ4n) is 2.52. The average Bonchev–Trinajstić information content (AvgIpc) is 2.87. The van der Waals surface area contributed by atoms with Crippen molar-refractivity contribution in [3.05, 3.63) is 11.1 Å². The molecule has 1 fully saturated rings. The number of thiazole rings is 1. The van der Waals surface area contributed by atoms with Crippen molar-refractivity contribution >= 4 is 28.9 Å². The summed E-state index contributed by atoms with van der Waals surface area (Å²) in [5.41, 5.74) is 5.61. The Balaban J connectivity index is 0.00000144. The third-order valence-electron chi connectivity index (χ3n) is 3.61. The highest BCUT2D eigenvalue weighted by molar-refractivity contribution is 7.15. The van der Waals surface area contributed by atoms with Gasteiger partial charge in [-0.1, -0.05) is 6.92 Å². The van der Waals surface area contributed by atoms with Crippen molar-refractivity contribution in [2.45, 2.75) is 38.3 Å². The number of aliphatic hydroxyl groups is 1. The second-order valence-corrected chi connectivity index (χ2v) is 5.57. The fourth-order valence-corrected chi connectivity index (χ4v) is 3.22. The van der Waals surface area contributed by atoms with E-state index in [9.17, 15) is 5.11 Å². The molecule has 1 unspecified atom stereocenters. The van der Waals surface area contributed by atoms with E-state index in [1.165, 1.54) is 22.6 Å². The van der Waals surface area contributed by atoms with Gasteiger partial charge in [0.15, 0.2) is 5.13 Å². The van der Waals surface area contributed by atoms with E-state index in [0.29, 0.717) is 5.13 Å². The molecule has 17 heavy (non-hydrogen) atoms. The second kappa shape index (κ2) is 6.00. The lowest BCUT2D eigenvalue weighted by molar-refractivity contribution is 0.0555. The van der Waals surface area contributed by atoms with Crippen molar-refractivity contribution < 1.29 is 5.11 Å². The number of nitrogens with zero attached hydrogens (tertiary/aromatic N) is 2. The highest BCUT2D eigenvalue weighted by atomic mass is 35.5. The minimum absolute atomic E-state index is 0. The number of anilines is 1. The topological polar surface area (TPSA) is 62.4 Å². The molecular weight excluding hydrogens is 258 g/mol. The van der Waals surface area contributed by atoms with E-state index >= 15 is 0 Å². The molecule has 0 aromatic carbocycles. The third-order valence-corrected chi connectivity index (χ3v) is 4.42. The molecule has 1 aromatic rings. The van der Waals surface area contributed by atoms with Crippen molar-refractivity contribution in [3.63, 3.8) is 0 Å². The first-order valence-electron chi connectivity index (χ1n) is 5.76. The monoisotopic (exact) mass is 277 g/mol. The molecule has 0 saturated carbocycles. The number of likely N-dealkylation sites (tertiary alicyclic amines) is 1. The van der Waals surface area contributed by atoms with E-state index in [-0.39, 0.29) is 24.6 Å². The summed E-state index contributed by atoms with van der Waals surface area (Å²) in [7, 11) is 0. The van der Waals surface area contributed by atoms with Gasteiger partial charge in [0, 0.05) is 23.2 Å². The van der Waals surface area contributed by atoms with E-state index < -0.39 is 0 Å². The number of halogens is 1. The highest BCUT2D eigenvalue weighted by Gasteiger charge is 2.38. The Morgan fingerprint density at radius 2 is 2.41 bits per heavy atom. The van der Waals surface area contributed by atoms with Crippen molar-refractivity contribution in [1.29, 1.82) is 0 Å². The lowest BCUT2D eigenvalue weighted by atomic mass is 9.94. The number of rotatable bonds is 4. The number of aromatic nitrogens is 1. The zero-order chi connectivity index (χ0) is 11.6. The van der Waals surface area contributed by atoms with Gasteiger partial charge in [-0.3, -0.25) is 4.90 Å².